The zero-order valence-corrected chi connectivity index (χ0v) is 12.5. The van der Waals surface area contributed by atoms with Crippen LogP contribution in [0.15, 0.2) is 24.3 Å². The number of hydrogen-bond donors (Lipinski definition) is 1. The van der Waals surface area contributed by atoms with Crippen LogP contribution in [0.25, 0.3) is 5.69 Å². The van der Waals surface area contributed by atoms with Gasteiger partial charge in [0.2, 0.25) is 5.91 Å². The van der Waals surface area contributed by atoms with Crippen LogP contribution in [0.2, 0.25) is 0 Å². The van der Waals surface area contributed by atoms with Gasteiger partial charge >= 0.3 is 0 Å². The average molecular weight is 319 g/mol. The van der Waals surface area contributed by atoms with Crippen LogP contribution < -0.4 is 5.32 Å². The fourth-order valence-corrected chi connectivity index (χ4v) is 3.85. The molecule has 1 N–H and O–H groups in total. The minimum absolute atomic E-state index is 0.0243. The van der Waals surface area contributed by atoms with Gasteiger partial charge in [-0.3, -0.25) is 9.00 Å². The molecule has 0 radical (unpaired) electrons. The maximum absolute atomic E-state index is 13.1. The van der Waals surface area contributed by atoms with Crippen molar-refractivity contribution in [2.24, 2.45) is 5.92 Å². The van der Waals surface area contributed by atoms with E-state index in [2.05, 4.69) is 10.4 Å². The van der Waals surface area contributed by atoms with Gasteiger partial charge < -0.3 is 5.32 Å². The largest absolute Gasteiger partial charge is 0.310 e. The molecular weight excluding hydrogens is 305 g/mol. The molecule has 0 spiro atoms. The highest BCUT2D eigenvalue weighted by atomic mass is 32.2. The maximum atomic E-state index is 13.1. The number of nitrogens with one attached hydrogen (secondary N) is 1. The number of carbonyl (C=O) groups excluding carboxylic acids is 1. The molecular formula is C15H14FN3O2S. The summed E-state index contributed by atoms with van der Waals surface area (Å²) in [6.07, 6.45) is 1.81. The molecule has 1 aliphatic carbocycles. The number of amides is 1. The van der Waals surface area contributed by atoms with E-state index in [0.717, 1.165) is 24.1 Å². The van der Waals surface area contributed by atoms with Crippen LogP contribution in [-0.2, 0) is 27.1 Å². The Balaban J connectivity index is 1.77. The monoisotopic (exact) mass is 319 g/mol. The van der Waals surface area contributed by atoms with Gasteiger partial charge in [-0.15, -0.1) is 0 Å². The van der Waals surface area contributed by atoms with Gasteiger partial charge in [0.25, 0.3) is 0 Å². The molecule has 0 bridgehead atoms. The third kappa shape index (κ3) is 2.35. The minimum atomic E-state index is -0.964. The Kier molecular flexibility index (Phi) is 3.11. The van der Waals surface area contributed by atoms with Crippen LogP contribution in [0.3, 0.4) is 0 Å². The normalized spacial score (nSPS) is 20.0. The number of rotatable bonds is 3. The molecule has 1 aromatic carbocycles. The summed E-state index contributed by atoms with van der Waals surface area (Å²) in [6, 6.07) is 5.93. The van der Waals surface area contributed by atoms with E-state index >= 15 is 0 Å². The van der Waals surface area contributed by atoms with Gasteiger partial charge in [-0.05, 0) is 37.1 Å². The summed E-state index contributed by atoms with van der Waals surface area (Å²) in [5.41, 5.74) is 2.25. The molecule has 22 heavy (non-hydrogen) atoms. The Labute approximate surface area is 129 Å². The molecule has 7 heteroatoms. The van der Waals surface area contributed by atoms with Gasteiger partial charge in [-0.25, -0.2) is 9.07 Å². The van der Waals surface area contributed by atoms with E-state index in [0.29, 0.717) is 23.0 Å². The lowest BCUT2D eigenvalue weighted by Crippen LogP contribution is -2.17. The Bertz CT molecular complexity index is 781. The van der Waals surface area contributed by atoms with Crippen molar-refractivity contribution < 1.29 is 13.4 Å². The van der Waals surface area contributed by atoms with Gasteiger partial charge in [0, 0.05) is 22.3 Å². The summed E-state index contributed by atoms with van der Waals surface area (Å²) in [6.45, 7) is 0. The number of carbonyl (C=O) groups is 1. The lowest BCUT2D eigenvalue weighted by Gasteiger charge is -2.10. The standard InChI is InChI=1S/C15H14FN3O2S/c16-10-3-5-11(6-4-10)19-14(17-15(20)9-1-2-9)12-7-22(21)8-13(12)18-19/h3-6,9H,1-2,7-8H2,(H,17,20)/t22-/m0/s1. The zero-order valence-electron chi connectivity index (χ0n) is 11.7. The fourth-order valence-electron chi connectivity index (χ4n) is 2.59. The highest BCUT2D eigenvalue weighted by molar-refractivity contribution is 7.83. The Morgan fingerprint density at radius 2 is 2.00 bits per heavy atom. The van der Waals surface area contributed by atoms with E-state index in [9.17, 15) is 13.4 Å². The number of hydrogen-bond acceptors (Lipinski definition) is 3. The van der Waals surface area contributed by atoms with Crippen LogP contribution in [0, 0.1) is 11.7 Å². The molecule has 5 nitrogen and oxygen atoms in total. The zero-order chi connectivity index (χ0) is 15.3. The van der Waals surface area contributed by atoms with Crippen molar-refractivity contribution in [2.45, 2.75) is 24.3 Å². The molecule has 2 heterocycles. The van der Waals surface area contributed by atoms with Crippen molar-refractivity contribution in [2.75, 3.05) is 5.32 Å². The fraction of sp³-hybridized carbons (Fsp3) is 0.333. The molecule has 4 rings (SSSR count). The van der Waals surface area contributed by atoms with Crippen LogP contribution >= 0.6 is 0 Å². The minimum Gasteiger partial charge on any atom is -0.310 e. The van der Waals surface area contributed by atoms with Gasteiger partial charge in [-0.1, -0.05) is 0 Å². The molecule has 2 aliphatic rings. The van der Waals surface area contributed by atoms with Crippen LogP contribution in [0.4, 0.5) is 10.2 Å². The summed E-state index contributed by atoms with van der Waals surface area (Å²) >= 11 is 0. The van der Waals surface area contributed by atoms with Crippen molar-refractivity contribution in [3.63, 3.8) is 0 Å². The Hall–Kier alpha value is -2.02. The smallest absolute Gasteiger partial charge is 0.228 e. The summed E-state index contributed by atoms with van der Waals surface area (Å²) in [4.78, 5) is 12.1. The van der Waals surface area contributed by atoms with Crippen molar-refractivity contribution in [1.82, 2.24) is 9.78 Å². The molecule has 0 unspecified atom stereocenters. The topological polar surface area (TPSA) is 64.0 Å². The second kappa shape index (κ2) is 5.01. The summed E-state index contributed by atoms with van der Waals surface area (Å²) in [7, 11) is -0.964. The first kappa shape index (κ1) is 13.6. The van der Waals surface area contributed by atoms with Gasteiger partial charge in [-0.2, -0.15) is 5.10 Å². The molecule has 1 fully saturated rings. The summed E-state index contributed by atoms with van der Waals surface area (Å²) in [5, 5.41) is 7.38. The second-order valence-electron chi connectivity index (χ2n) is 5.65. The van der Waals surface area contributed by atoms with Crippen LogP contribution in [0.5, 0.6) is 0 Å². The van der Waals surface area contributed by atoms with E-state index in [1.54, 1.807) is 16.8 Å². The van der Waals surface area contributed by atoms with E-state index in [1.807, 2.05) is 0 Å². The lowest BCUT2D eigenvalue weighted by molar-refractivity contribution is -0.117. The molecule has 1 amide bonds. The van der Waals surface area contributed by atoms with E-state index in [-0.39, 0.29) is 17.6 Å². The van der Waals surface area contributed by atoms with E-state index in [4.69, 9.17) is 0 Å². The number of fused-ring (bicyclic) bond motifs is 1. The number of benzene rings is 1. The summed E-state index contributed by atoms with van der Waals surface area (Å²) in [5.74, 6) is 1.09. The molecule has 1 aliphatic heterocycles. The van der Waals surface area contributed by atoms with Gasteiger partial charge in [0.05, 0.1) is 22.9 Å². The summed E-state index contributed by atoms with van der Waals surface area (Å²) < 4.78 is 26.4. The first-order valence-corrected chi connectivity index (χ1v) is 8.63. The van der Waals surface area contributed by atoms with Crippen molar-refractivity contribution >= 4 is 22.5 Å². The highest BCUT2D eigenvalue weighted by Gasteiger charge is 2.33. The number of anilines is 1. The van der Waals surface area contributed by atoms with E-state index in [1.165, 1.54) is 12.1 Å². The van der Waals surface area contributed by atoms with Crippen LogP contribution in [0.1, 0.15) is 24.1 Å². The first-order valence-electron chi connectivity index (χ1n) is 7.14. The Morgan fingerprint density at radius 1 is 1.27 bits per heavy atom. The second-order valence-corrected chi connectivity index (χ2v) is 7.11. The van der Waals surface area contributed by atoms with Gasteiger partial charge in [0.1, 0.15) is 11.6 Å². The number of nitrogens with zero attached hydrogens (tertiary/aromatic N) is 2. The van der Waals surface area contributed by atoms with Crippen molar-refractivity contribution in [3.05, 3.63) is 41.3 Å². The molecule has 1 aromatic heterocycles. The molecule has 0 saturated heterocycles. The molecule has 2 aromatic rings. The van der Waals surface area contributed by atoms with Crippen molar-refractivity contribution in [1.29, 1.82) is 0 Å². The predicted octanol–water partition coefficient (Wildman–Crippen LogP) is 2.12. The number of aromatic nitrogens is 2. The third-order valence-electron chi connectivity index (χ3n) is 3.93. The number of halogens is 1. The van der Waals surface area contributed by atoms with Gasteiger partial charge in [0.15, 0.2) is 0 Å². The van der Waals surface area contributed by atoms with E-state index < -0.39 is 10.8 Å². The SMILES string of the molecule is O=C(Nc1c2c(nn1-c1ccc(F)cc1)C[S@@](=O)C2)C1CC1. The lowest BCUT2D eigenvalue weighted by atomic mass is 10.2. The van der Waals surface area contributed by atoms with Crippen LogP contribution in [-0.4, -0.2) is 19.9 Å². The predicted molar refractivity (Wildman–Crippen MR) is 80.4 cm³/mol. The maximum Gasteiger partial charge on any atom is 0.228 e. The molecule has 114 valence electrons. The molecule has 1 atom stereocenters. The quantitative estimate of drug-likeness (QED) is 0.942. The average Bonchev–Trinajstić information content (AvgIpc) is 3.21. The Morgan fingerprint density at radius 3 is 2.68 bits per heavy atom. The third-order valence-corrected chi connectivity index (χ3v) is 5.14. The highest BCUT2D eigenvalue weighted by Crippen LogP contribution is 2.34. The molecule has 1 saturated carbocycles. The first-order chi connectivity index (χ1) is 10.6. The van der Waals surface area contributed by atoms with Crippen molar-refractivity contribution in [3.8, 4) is 5.69 Å².